The van der Waals surface area contributed by atoms with Crippen LogP contribution in [0.2, 0.25) is 0 Å². The van der Waals surface area contributed by atoms with E-state index in [1.807, 2.05) is 42.9 Å². The molecule has 0 aromatic heterocycles. The van der Waals surface area contributed by atoms with Crippen LogP contribution in [0.5, 0.6) is 5.75 Å². The summed E-state index contributed by atoms with van der Waals surface area (Å²) >= 11 is 8.20. The summed E-state index contributed by atoms with van der Waals surface area (Å²) in [5, 5.41) is 10.2. The second-order valence-corrected chi connectivity index (χ2v) is 19.5. The van der Waals surface area contributed by atoms with Crippen LogP contribution in [0.1, 0.15) is 69.5 Å². The summed E-state index contributed by atoms with van der Waals surface area (Å²) in [5.74, 6) is -1.02. The van der Waals surface area contributed by atoms with Gasteiger partial charge in [0.05, 0.1) is 14.1 Å². The zero-order valence-corrected chi connectivity index (χ0v) is 30.2. The number of rotatable bonds is 17. The van der Waals surface area contributed by atoms with Gasteiger partial charge in [0.25, 0.3) is 5.96 Å². The van der Waals surface area contributed by atoms with Gasteiger partial charge in [0.2, 0.25) is 0 Å². The topological polar surface area (TPSA) is 74.7 Å². The third kappa shape index (κ3) is 8.59. The smallest absolute Gasteiger partial charge is 0.0195 e. The summed E-state index contributed by atoms with van der Waals surface area (Å²) in [7, 11) is 3.91. The van der Waals surface area contributed by atoms with E-state index >= 15 is 0 Å². The molecule has 0 amide bonds. The van der Waals surface area contributed by atoms with Crippen molar-refractivity contribution in [2.24, 2.45) is 10.7 Å². The van der Waals surface area contributed by atoms with Crippen LogP contribution < -0.4 is 37.0 Å². The van der Waals surface area contributed by atoms with Crippen LogP contribution in [0, 0.1) is 0 Å². The van der Waals surface area contributed by atoms with Gasteiger partial charge in [0, 0.05) is 5.56 Å². The van der Waals surface area contributed by atoms with E-state index in [0.717, 1.165) is 42.9 Å². The SMILES string of the molecule is C[N+](C)=C1NC(N)=NC(c2ccc(OCCCCCCCCCCCP(Cl)(c3ccccc3)(c3ccccc3)c3ccccc3)cc2)N1. The van der Waals surface area contributed by atoms with Gasteiger partial charge in [0.1, 0.15) is 5.75 Å². The van der Waals surface area contributed by atoms with Crippen molar-refractivity contribution in [2.75, 3.05) is 26.9 Å². The molecule has 0 bridgehead atoms. The summed E-state index contributed by atoms with van der Waals surface area (Å²) < 4.78 is 7.96. The maximum absolute atomic E-state index is 8.20. The minimum absolute atomic E-state index is 0.220. The molecule has 4 aromatic rings. The molecule has 5 rings (SSSR count). The summed E-state index contributed by atoms with van der Waals surface area (Å²) in [5.41, 5.74) is 7.01. The molecule has 1 aliphatic rings. The van der Waals surface area contributed by atoms with E-state index < -0.39 is 5.96 Å². The molecular weight excluding hydrogens is 633 g/mol. The molecule has 0 fully saturated rings. The Balaban J connectivity index is 1.01. The van der Waals surface area contributed by atoms with Crippen LogP contribution in [0.4, 0.5) is 0 Å². The first kappa shape index (κ1) is 35.4. The van der Waals surface area contributed by atoms with E-state index in [2.05, 4.69) is 107 Å². The minimum atomic E-state index is -3.13. The number of hydrogen-bond acceptors (Lipinski definition) is 3. The zero-order valence-electron chi connectivity index (χ0n) is 28.5. The number of nitrogens with zero attached hydrogens (tertiary/aromatic N) is 2. The number of halogens is 1. The molecule has 0 radical (unpaired) electrons. The normalized spacial score (nSPS) is 15.4. The van der Waals surface area contributed by atoms with E-state index in [1.54, 1.807) is 0 Å². The summed E-state index contributed by atoms with van der Waals surface area (Å²) in [6, 6.07) is 40.6. The first-order chi connectivity index (χ1) is 23.4. The number of ether oxygens (including phenoxy) is 1. The van der Waals surface area contributed by atoms with E-state index in [0.29, 0.717) is 5.96 Å². The maximum atomic E-state index is 8.20. The molecule has 0 saturated carbocycles. The fourth-order valence-corrected chi connectivity index (χ4v) is 12.9. The van der Waals surface area contributed by atoms with E-state index in [-0.39, 0.29) is 6.17 Å². The van der Waals surface area contributed by atoms with Crippen molar-refractivity contribution in [3.8, 4) is 5.75 Å². The van der Waals surface area contributed by atoms with Crippen LogP contribution in [-0.4, -0.2) is 43.4 Å². The number of guanidine groups is 2. The molecule has 254 valence electrons. The third-order valence-corrected chi connectivity index (χ3v) is 16.9. The molecule has 4 aromatic carbocycles. The molecule has 6 nitrogen and oxygen atoms in total. The first-order valence-corrected chi connectivity index (χ1v) is 20.7. The second-order valence-electron chi connectivity index (χ2n) is 12.9. The van der Waals surface area contributed by atoms with Crippen LogP contribution >= 0.6 is 17.2 Å². The molecule has 4 N–H and O–H groups in total. The number of hydrogen-bond donors (Lipinski definition) is 3. The first-order valence-electron chi connectivity index (χ1n) is 17.4. The monoisotopic (exact) mass is 684 g/mol. The molecule has 1 heterocycles. The fourth-order valence-electron chi connectivity index (χ4n) is 6.62. The molecule has 8 heteroatoms. The van der Waals surface area contributed by atoms with Crippen LogP contribution in [0.3, 0.4) is 0 Å². The molecular formula is C40H52ClN5OP+. The van der Waals surface area contributed by atoms with E-state index in [1.165, 1.54) is 60.9 Å². The Labute approximate surface area is 292 Å². The molecule has 0 saturated heterocycles. The molecule has 1 unspecified atom stereocenters. The quantitative estimate of drug-likeness (QED) is 0.0616. The van der Waals surface area contributed by atoms with Crippen LogP contribution in [-0.2, 0) is 0 Å². The summed E-state index contributed by atoms with van der Waals surface area (Å²) in [6.45, 7) is 0.739. The molecule has 0 aliphatic carbocycles. The van der Waals surface area contributed by atoms with Gasteiger partial charge in [-0.15, -0.1) is 0 Å². The molecule has 1 aliphatic heterocycles. The maximum Gasteiger partial charge on any atom is -0.0195 e. The minimum Gasteiger partial charge on any atom is -0.251 e. The van der Waals surface area contributed by atoms with Crippen molar-refractivity contribution >= 4 is 45.0 Å². The zero-order chi connectivity index (χ0) is 33.7. The van der Waals surface area contributed by atoms with Crippen molar-refractivity contribution in [3.63, 3.8) is 0 Å². The van der Waals surface area contributed by atoms with Crippen molar-refractivity contribution in [1.82, 2.24) is 10.6 Å². The standard InChI is InChI=1S/C40H51ClN5OP/c1-46(2)40-44-38(43-39(42)45-40)33-27-29-34(30-28-33)47-31-19-8-6-4-3-5-7-9-20-32-48(41,35-21-13-10-14-22-35,36-23-15-11-16-24-36)37-25-17-12-18-26-37/h10-18,21-30,38H,3-9,19-20,31-32H2,1-2H3,(H3,42,43,44,45)/p+1. The van der Waals surface area contributed by atoms with Gasteiger partial charge < -0.3 is 5.73 Å². The van der Waals surface area contributed by atoms with Gasteiger partial charge >= 0.3 is 205 Å². The van der Waals surface area contributed by atoms with Crippen molar-refractivity contribution in [3.05, 3.63) is 121 Å². The molecule has 48 heavy (non-hydrogen) atoms. The Bertz CT molecular complexity index is 1530. The Morgan fingerprint density at radius 2 is 1.12 bits per heavy atom. The van der Waals surface area contributed by atoms with Gasteiger partial charge in [-0.05, 0) is 24.3 Å². The average Bonchev–Trinajstić information content (AvgIpc) is 3.13. The van der Waals surface area contributed by atoms with Crippen LogP contribution in [0.25, 0.3) is 0 Å². The number of nitrogens with two attached hydrogens (primary N) is 1. The Morgan fingerprint density at radius 1 is 0.667 bits per heavy atom. The van der Waals surface area contributed by atoms with Gasteiger partial charge in [-0.2, -0.15) is 4.99 Å². The van der Waals surface area contributed by atoms with E-state index in [4.69, 9.17) is 21.7 Å². The number of unbranched alkanes of at least 4 members (excludes halogenated alkanes) is 8. The second kappa shape index (κ2) is 17.0. The summed E-state index contributed by atoms with van der Waals surface area (Å²) in [4.78, 5) is 4.47. The summed E-state index contributed by atoms with van der Waals surface area (Å²) in [6.07, 6.45) is 11.7. The predicted molar refractivity (Wildman–Crippen MR) is 207 cm³/mol. The van der Waals surface area contributed by atoms with Crippen LogP contribution in [0.15, 0.2) is 120 Å². The third-order valence-electron chi connectivity index (χ3n) is 9.31. The fraction of sp³-hybridized carbons (Fsp3) is 0.350. The van der Waals surface area contributed by atoms with Gasteiger partial charge in [-0.3, -0.25) is 9.89 Å². The van der Waals surface area contributed by atoms with Gasteiger partial charge in [-0.1, -0.05) is 0 Å². The van der Waals surface area contributed by atoms with Gasteiger partial charge in [0.15, 0.2) is 6.17 Å². The number of aliphatic imine (C=N–C) groups is 1. The average molecular weight is 685 g/mol. The van der Waals surface area contributed by atoms with Crippen molar-refractivity contribution < 1.29 is 9.31 Å². The largest absolute Gasteiger partial charge is 0.251 e. The number of nitrogens with one attached hydrogen (secondary N) is 2. The van der Waals surface area contributed by atoms with Crippen molar-refractivity contribution in [2.45, 2.75) is 64.0 Å². The Hall–Kier alpha value is -3.86. The number of benzene rings is 4. The van der Waals surface area contributed by atoms with E-state index in [9.17, 15) is 0 Å². The molecule has 1 atom stereocenters. The predicted octanol–water partition coefficient (Wildman–Crippen LogP) is 7.39. The van der Waals surface area contributed by atoms with Gasteiger partial charge in [-0.25, -0.2) is 5.32 Å². The molecule has 0 spiro atoms. The Morgan fingerprint density at radius 3 is 1.60 bits per heavy atom. The van der Waals surface area contributed by atoms with Crippen molar-refractivity contribution in [1.29, 1.82) is 0 Å². The Kier molecular flexibility index (Phi) is 12.6.